The molecule has 0 aliphatic carbocycles. The Balaban J connectivity index is 2.06. The van der Waals surface area contributed by atoms with Gasteiger partial charge >= 0.3 is 0 Å². The summed E-state index contributed by atoms with van der Waals surface area (Å²) in [6.45, 7) is 7.30. The van der Waals surface area contributed by atoms with Crippen molar-refractivity contribution in [3.8, 4) is 0 Å². The standard InChI is InChI=1S/C16H25NO/c1-3-13-6-5-7-15(10-13)16(17-4-2)11-14-8-9-18-12-14/h5-7,10,14,16-17H,3-4,8-9,11-12H2,1-2H3. The molecule has 0 aromatic heterocycles. The van der Waals surface area contributed by atoms with Gasteiger partial charge in [-0.05, 0) is 42.9 Å². The second-order valence-corrected chi connectivity index (χ2v) is 5.17. The van der Waals surface area contributed by atoms with Crippen LogP contribution >= 0.6 is 0 Å². The molecule has 1 aliphatic heterocycles. The Morgan fingerprint density at radius 3 is 2.94 bits per heavy atom. The van der Waals surface area contributed by atoms with Gasteiger partial charge in [-0.25, -0.2) is 0 Å². The van der Waals surface area contributed by atoms with Crippen LogP contribution in [0.2, 0.25) is 0 Å². The Hall–Kier alpha value is -0.860. The predicted octanol–water partition coefficient (Wildman–Crippen LogP) is 3.33. The third-order valence-corrected chi connectivity index (χ3v) is 3.81. The molecule has 2 heteroatoms. The van der Waals surface area contributed by atoms with Gasteiger partial charge in [-0.15, -0.1) is 0 Å². The van der Waals surface area contributed by atoms with E-state index in [-0.39, 0.29) is 0 Å². The molecule has 1 aromatic rings. The molecule has 1 saturated heterocycles. The number of rotatable bonds is 6. The van der Waals surface area contributed by atoms with Gasteiger partial charge in [0.15, 0.2) is 0 Å². The van der Waals surface area contributed by atoms with Crippen molar-refractivity contribution in [3.05, 3.63) is 35.4 Å². The first-order valence-corrected chi connectivity index (χ1v) is 7.23. The monoisotopic (exact) mass is 247 g/mol. The Morgan fingerprint density at radius 1 is 1.39 bits per heavy atom. The second-order valence-electron chi connectivity index (χ2n) is 5.17. The van der Waals surface area contributed by atoms with Crippen LogP contribution in [0.5, 0.6) is 0 Å². The van der Waals surface area contributed by atoms with Gasteiger partial charge < -0.3 is 10.1 Å². The van der Waals surface area contributed by atoms with Crippen LogP contribution in [0.25, 0.3) is 0 Å². The fraction of sp³-hybridized carbons (Fsp3) is 0.625. The molecule has 0 bridgehead atoms. The number of ether oxygens (including phenoxy) is 1. The molecule has 0 radical (unpaired) electrons. The van der Waals surface area contributed by atoms with Gasteiger partial charge in [0.25, 0.3) is 0 Å². The molecule has 1 fully saturated rings. The lowest BCUT2D eigenvalue weighted by molar-refractivity contribution is 0.181. The predicted molar refractivity (Wildman–Crippen MR) is 75.8 cm³/mol. The minimum absolute atomic E-state index is 0.480. The molecule has 1 N–H and O–H groups in total. The summed E-state index contributed by atoms with van der Waals surface area (Å²) in [4.78, 5) is 0. The van der Waals surface area contributed by atoms with Crippen molar-refractivity contribution in [2.45, 2.75) is 39.2 Å². The maximum atomic E-state index is 5.49. The van der Waals surface area contributed by atoms with E-state index in [1.165, 1.54) is 24.0 Å². The van der Waals surface area contributed by atoms with Gasteiger partial charge in [-0.1, -0.05) is 38.1 Å². The summed E-state index contributed by atoms with van der Waals surface area (Å²) in [5.74, 6) is 0.722. The number of hydrogen-bond donors (Lipinski definition) is 1. The van der Waals surface area contributed by atoms with Crippen LogP contribution in [0.3, 0.4) is 0 Å². The zero-order chi connectivity index (χ0) is 12.8. The molecule has 2 atom stereocenters. The molecule has 100 valence electrons. The summed E-state index contributed by atoms with van der Waals surface area (Å²) in [6, 6.07) is 9.48. The highest BCUT2D eigenvalue weighted by Gasteiger charge is 2.21. The van der Waals surface area contributed by atoms with E-state index in [9.17, 15) is 0 Å². The van der Waals surface area contributed by atoms with Gasteiger partial charge in [0, 0.05) is 19.3 Å². The molecule has 2 unspecified atom stereocenters. The van der Waals surface area contributed by atoms with Crippen LogP contribution in [0.15, 0.2) is 24.3 Å². The Morgan fingerprint density at radius 2 is 2.28 bits per heavy atom. The van der Waals surface area contributed by atoms with Gasteiger partial charge in [-0.2, -0.15) is 0 Å². The molecule has 0 amide bonds. The van der Waals surface area contributed by atoms with Gasteiger partial charge in [0.1, 0.15) is 0 Å². The van der Waals surface area contributed by atoms with E-state index in [0.29, 0.717) is 6.04 Å². The van der Waals surface area contributed by atoms with Crippen molar-refractivity contribution in [1.82, 2.24) is 5.32 Å². The Labute approximate surface area is 111 Å². The molecule has 2 rings (SSSR count). The second kappa shape index (κ2) is 6.91. The van der Waals surface area contributed by atoms with Crippen molar-refractivity contribution in [3.63, 3.8) is 0 Å². The van der Waals surface area contributed by atoms with E-state index in [1.807, 2.05) is 0 Å². The number of nitrogens with one attached hydrogen (secondary N) is 1. The van der Waals surface area contributed by atoms with Crippen LogP contribution in [0, 0.1) is 5.92 Å². The largest absolute Gasteiger partial charge is 0.381 e. The lowest BCUT2D eigenvalue weighted by Gasteiger charge is -2.21. The zero-order valence-corrected chi connectivity index (χ0v) is 11.6. The zero-order valence-electron chi connectivity index (χ0n) is 11.6. The molecular weight excluding hydrogens is 222 g/mol. The van der Waals surface area contributed by atoms with E-state index >= 15 is 0 Å². The summed E-state index contributed by atoms with van der Waals surface area (Å²) in [7, 11) is 0. The van der Waals surface area contributed by atoms with Gasteiger partial charge in [0.05, 0.1) is 0 Å². The molecule has 0 spiro atoms. The lowest BCUT2D eigenvalue weighted by Crippen LogP contribution is -2.23. The highest BCUT2D eigenvalue weighted by Crippen LogP contribution is 2.27. The molecule has 18 heavy (non-hydrogen) atoms. The van der Waals surface area contributed by atoms with Crippen LogP contribution in [0.1, 0.15) is 43.9 Å². The molecule has 1 aromatic carbocycles. The number of aryl methyl sites for hydroxylation is 1. The van der Waals surface area contributed by atoms with Crippen molar-refractivity contribution in [2.24, 2.45) is 5.92 Å². The molecule has 1 aliphatic rings. The fourth-order valence-corrected chi connectivity index (χ4v) is 2.72. The maximum Gasteiger partial charge on any atom is 0.0495 e. The average Bonchev–Trinajstić information content (AvgIpc) is 2.91. The van der Waals surface area contributed by atoms with Gasteiger partial charge in [0.2, 0.25) is 0 Å². The van der Waals surface area contributed by atoms with Crippen molar-refractivity contribution >= 4 is 0 Å². The SMILES string of the molecule is CCNC(CC1CCOC1)c1cccc(CC)c1. The Kier molecular flexibility index (Phi) is 5.21. The van der Waals surface area contributed by atoms with Crippen LogP contribution in [0.4, 0.5) is 0 Å². The maximum absolute atomic E-state index is 5.49. The molecule has 2 nitrogen and oxygen atoms in total. The van der Waals surface area contributed by atoms with E-state index in [4.69, 9.17) is 4.74 Å². The number of benzene rings is 1. The summed E-state index contributed by atoms with van der Waals surface area (Å²) in [5, 5.41) is 3.62. The molecular formula is C16H25NO. The first-order chi connectivity index (χ1) is 8.83. The normalized spacial score (nSPS) is 21.1. The van der Waals surface area contributed by atoms with Crippen molar-refractivity contribution in [2.75, 3.05) is 19.8 Å². The Bertz CT molecular complexity index is 358. The minimum atomic E-state index is 0.480. The van der Waals surface area contributed by atoms with Crippen molar-refractivity contribution < 1.29 is 4.74 Å². The van der Waals surface area contributed by atoms with E-state index < -0.39 is 0 Å². The fourth-order valence-electron chi connectivity index (χ4n) is 2.72. The minimum Gasteiger partial charge on any atom is -0.381 e. The van der Waals surface area contributed by atoms with Crippen LogP contribution in [-0.4, -0.2) is 19.8 Å². The summed E-state index contributed by atoms with van der Waals surface area (Å²) in [6.07, 6.45) is 3.52. The lowest BCUT2D eigenvalue weighted by atomic mass is 9.93. The van der Waals surface area contributed by atoms with Crippen LogP contribution < -0.4 is 5.32 Å². The first kappa shape index (κ1) is 13.6. The van der Waals surface area contributed by atoms with E-state index in [0.717, 1.165) is 32.1 Å². The highest BCUT2D eigenvalue weighted by atomic mass is 16.5. The first-order valence-electron chi connectivity index (χ1n) is 7.23. The average molecular weight is 247 g/mol. The summed E-state index contributed by atoms with van der Waals surface area (Å²) < 4.78 is 5.49. The quantitative estimate of drug-likeness (QED) is 0.832. The topological polar surface area (TPSA) is 21.3 Å². The highest BCUT2D eigenvalue weighted by molar-refractivity contribution is 5.26. The third kappa shape index (κ3) is 3.56. The number of hydrogen-bond acceptors (Lipinski definition) is 2. The van der Waals surface area contributed by atoms with Gasteiger partial charge in [-0.3, -0.25) is 0 Å². The van der Waals surface area contributed by atoms with E-state index in [1.54, 1.807) is 0 Å². The summed E-state index contributed by atoms with van der Waals surface area (Å²) >= 11 is 0. The smallest absolute Gasteiger partial charge is 0.0495 e. The van der Waals surface area contributed by atoms with Crippen LogP contribution in [-0.2, 0) is 11.2 Å². The molecule has 0 saturated carbocycles. The molecule has 1 heterocycles. The van der Waals surface area contributed by atoms with Crippen molar-refractivity contribution in [1.29, 1.82) is 0 Å². The van der Waals surface area contributed by atoms with E-state index in [2.05, 4.69) is 43.4 Å². The summed E-state index contributed by atoms with van der Waals surface area (Å²) in [5.41, 5.74) is 2.86. The third-order valence-electron chi connectivity index (χ3n) is 3.81.